The first-order valence-corrected chi connectivity index (χ1v) is 14.8. The van der Waals surface area contributed by atoms with Crippen LogP contribution < -0.4 is 26.8 Å². The number of nitrogens with zero attached hydrogens (tertiary/aromatic N) is 1. The van der Waals surface area contributed by atoms with E-state index in [1.165, 1.54) is 38.5 Å². The summed E-state index contributed by atoms with van der Waals surface area (Å²) in [5.74, 6) is 0.632. The predicted molar refractivity (Wildman–Crippen MR) is 153 cm³/mol. The Hall–Kier alpha value is -2.18. The molecule has 0 aromatic heterocycles. The number of anilines is 2. The molecule has 37 heavy (non-hydrogen) atoms. The third-order valence-corrected chi connectivity index (χ3v) is 8.96. The molecule has 2 fully saturated rings. The maximum absolute atomic E-state index is 12.8. The van der Waals surface area contributed by atoms with Crippen LogP contribution in [0.1, 0.15) is 96.0 Å². The molecule has 6 nitrogen and oxygen atoms in total. The summed E-state index contributed by atoms with van der Waals surface area (Å²) in [6.45, 7) is 3.95. The van der Waals surface area contributed by atoms with Gasteiger partial charge >= 0.3 is 0 Å². The fourth-order valence-electron chi connectivity index (χ4n) is 6.76. The highest BCUT2D eigenvalue weighted by atomic mass is 16.3. The average molecular weight is 510 g/mol. The number of nitrogens with two attached hydrogens (primary N) is 1. The van der Waals surface area contributed by atoms with Gasteiger partial charge in [0.15, 0.2) is 0 Å². The number of aliphatic hydroxyl groups is 1. The van der Waals surface area contributed by atoms with Crippen molar-refractivity contribution in [2.75, 3.05) is 29.9 Å². The summed E-state index contributed by atoms with van der Waals surface area (Å²) >= 11 is 0. The van der Waals surface area contributed by atoms with Crippen LogP contribution in [0, 0.1) is 11.8 Å². The lowest BCUT2D eigenvalue weighted by Crippen LogP contribution is -2.51. The minimum absolute atomic E-state index is 0.00456. The Morgan fingerprint density at radius 3 is 2.49 bits per heavy atom. The molecule has 0 spiro atoms. The zero-order valence-corrected chi connectivity index (χ0v) is 22.7. The molecular formula is C31H47N3O3. The van der Waals surface area contributed by atoms with Gasteiger partial charge in [-0.15, -0.1) is 0 Å². The summed E-state index contributed by atoms with van der Waals surface area (Å²) in [5.41, 5.74) is 6.26. The first-order valence-electron chi connectivity index (χ1n) is 14.8. The molecule has 0 amide bonds. The lowest BCUT2D eigenvalue weighted by molar-refractivity contribution is -0.0392. The number of hydrogen-bond donors (Lipinski definition) is 3. The smallest absolute Gasteiger partial charge is 0.253 e. The van der Waals surface area contributed by atoms with Crippen LogP contribution in [0.2, 0.25) is 0 Å². The lowest BCUT2D eigenvalue weighted by atomic mass is 9.74. The minimum atomic E-state index is -0.945. The van der Waals surface area contributed by atoms with Crippen molar-refractivity contribution in [1.82, 2.24) is 0 Å². The second-order valence-electron chi connectivity index (χ2n) is 11.6. The molecule has 2 aliphatic rings. The number of nitrogens with one attached hydrogen (secondary N) is 1. The number of hydrogen-bond acceptors (Lipinski definition) is 6. The number of benzene rings is 1. The molecule has 0 radical (unpaired) electrons. The van der Waals surface area contributed by atoms with E-state index in [1.807, 2.05) is 30.3 Å². The van der Waals surface area contributed by atoms with Crippen molar-refractivity contribution in [1.29, 1.82) is 0 Å². The molecule has 1 saturated heterocycles. The predicted octanol–water partition coefficient (Wildman–Crippen LogP) is 5.07. The molecule has 4 N–H and O–H groups in total. The van der Waals surface area contributed by atoms with Gasteiger partial charge in [0.05, 0.1) is 5.60 Å². The maximum atomic E-state index is 12.8. The van der Waals surface area contributed by atoms with Gasteiger partial charge in [0.1, 0.15) is 11.4 Å². The fourth-order valence-corrected chi connectivity index (χ4v) is 6.76. The van der Waals surface area contributed by atoms with Gasteiger partial charge in [0, 0.05) is 31.6 Å². The summed E-state index contributed by atoms with van der Waals surface area (Å²) in [4.78, 5) is 27.6. The Bertz CT molecular complexity index is 1040. The molecule has 2 aromatic rings. The first-order chi connectivity index (χ1) is 18.0. The highest BCUT2D eigenvalue weighted by Gasteiger charge is 2.42. The van der Waals surface area contributed by atoms with Crippen LogP contribution in [0.25, 0.3) is 0 Å². The van der Waals surface area contributed by atoms with Crippen molar-refractivity contribution >= 4 is 11.4 Å². The first kappa shape index (κ1) is 27.8. The van der Waals surface area contributed by atoms with Crippen LogP contribution in [0.5, 0.6) is 0 Å². The Morgan fingerprint density at radius 1 is 1.03 bits per heavy atom. The summed E-state index contributed by atoms with van der Waals surface area (Å²) < 4.78 is 0. The van der Waals surface area contributed by atoms with Gasteiger partial charge in [0.2, 0.25) is 0 Å². The van der Waals surface area contributed by atoms with Crippen LogP contribution in [-0.2, 0) is 5.60 Å². The van der Waals surface area contributed by atoms with Crippen LogP contribution in [0.3, 0.4) is 0 Å². The third-order valence-electron chi connectivity index (χ3n) is 8.96. The van der Waals surface area contributed by atoms with Gasteiger partial charge in [-0.3, -0.25) is 9.59 Å². The van der Waals surface area contributed by atoms with Crippen molar-refractivity contribution in [2.45, 2.75) is 102 Å². The molecule has 2 unspecified atom stereocenters. The van der Waals surface area contributed by atoms with E-state index in [0.29, 0.717) is 36.8 Å². The van der Waals surface area contributed by atoms with Crippen molar-refractivity contribution in [2.24, 2.45) is 17.6 Å². The Morgan fingerprint density at radius 2 is 1.78 bits per heavy atom. The van der Waals surface area contributed by atoms with Crippen molar-refractivity contribution in [3.8, 4) is 0 Å². The minimum Gasteiger partial charge on any atom is -0.385 e. The second-order valence-corrected chi connectivity index (χ2v) is 11.6. The number of unbranched alkanes of at least 4 members (excludes halogenated alkanes) is 3. The Kier molecular flexibility index (Phi) is 9.83. The lowest BCUT2D eigenvalue weighted by Gasteiger charge is -2.44. The zero-order chi connectivity index (χ0) is 26.3. The summed E-state index contributed by atoms with van der Waals surface area (Å²) in [6.07, 6.45) is 14.2. The van der Waals surface area contributed by atoms with Crippen LogP contribution in [0.15, 0.2) is 39.9 Å². The Balaban J connectivity index is 1.50. The quantitative estimate of drug-likeness (QED) is 0.258. The normalized spacial score (nSPS) is 21.6. The van der Waals surface area contributed by atoms with E-state index in [2.05, 4.69) is 17.1 Å². The molecule has 6 heteroatoms. The van der Waals surface area contributed by atoms with E-state index in [-0.39, 0.29) is 12.0 Å². The highest BCUT2D eigenvalue weighted by molar-refractivity contribution is 5.75. The van der Waals surface area contributed by atoms with Crippen LogP contribution >= 0.6 is 0 Å². The van der Waals surface area contributed by atoms with E-state index >= 15 is 0 Å². The van der Waals surface area contributed by atoms with E-state index in [0.717, 1.165) is 50.6 Å². The summed E-state index contributed by atoms with van der Waals surface area (Å²) in [6, 6.07) is 10.0. The molecule has 204 valence electrons. The largest absolute Gasteiger partial charge is 0.385 e. The van der Waals surface area contributed by atoms with E-state index in [1.54, 1.807) is 0 Å². The van der Waals surface area contributed by atoms with Gasteiger partial charge < -0.3 is 21.1 Å². The third kappa shape index (κ3) is 6.46. The maximum Gasteiger partial charge on any atom is 0.253 e. The zero-order valence-electron chi connectivity index (χ0n) is 22.7. The molecular weight excluding hydrogens is 462 g/mol. The average Bonchev–Trinajstić information content (AvgIpc) is 2.95. The fraction of sp³-hybridized carbons (Fsp3) is 0.677. The van der Waals surface area contributed by atoms with Crippen molar-refractivity contribution in [3.05, 3.63) is 56.3 Å². The standard InChI is InChI=1S/C31H47N3O3/c1-2-3-4-11-18-31(37,24-15-9-6-10-16-24)25-17-12-19-34(22-25)28-27(29(35)30(28)36)33-26(21-32)20-23-13-7-5-8-14-23/h6,9-10,15-16,23,25-26,33,37H,2-5,7-8,11-14,17-22,32H2,1H3/t25?,26-,31?/m0/s1. The molecule has 0 bridgehead atoms. The van der Waals surface area contributed by atoms with E-state index in [4.69, 9.17) is 5.73 Å². The monoisotopic (exact) mass is 509 g/mol. The van der Waals surface area contributed by atoms with Gasteiger partial charge in [0.25, 0.3) is 10.9 Å². The molecule has 1 saturated carbocycles. The van der Waals surface area contributed by atoms with E-state index in [9.17, 15) is 14.7 Å². The number of rotatable bonds is 13. The van der Waals surface area contributed by atoms with Crippen LogP contribution in [0.4, 0.5) is 11.4 Å². The van der Waals surface area contributed by atoms with Crippen molar-refractivity contribution < 1.29 is 5.11 Å². The molecule has 3 atom stereocenters. The van der Waals surface area contributed by atoms with Gasteiger partial charge in [-0.1, -0.05) is 95.0 Å². The summed E-state index contributed by atoms with van der Waals surface area (Å²) in [5, 5.41) is 15.5. The van der Waals surface area contributed by atoms with Gasteiger partial charge in [-0.2, -0.15) is 0 Å². The van der Waals surface area contributed by atoms with Gasteiger partial charge in [-0.25, -0.2) is 0 Å². The molecule has 4 rings (SSSR count). The molecule has 1 aliphatic carbocycles. The number of piperidine rings is 1. The SMILES string of the molecule is CCCCCCC(O)(c1ccccc1)C1CCCN(c2c(N[C@H](CN)CC3CCCCC3)c(=O)c2=O)C1. The van der Waals surface area contributed by atoms with Crippen molar-refractivity contribution in [3.63, 3.8) is 0 Å². The highest BCUT2D eigenvalue weighted by Crippen LogP contribution is 2.41. The summed E-state index contributed by atoms with van der Waals surface area (Å²) in [7, 11) is 0. The Labute approximate surface area is 222 Å². The molecule has 2 aromatic carbocycles. The topological polar surface area (TPSA) is 95.7 Å². The second kappa shape index (κ2) is 13.1. The van der Waals surface area contributed by atoms with Gasteiger partial charge in [-0.05, 0) is 37.2 Å². The van der Waals surface area contributed by atoms with Crippen LogP contribution in [-0.4, -0.2) is 30.8 Å². The molecule has 1 aliphatic heterocycles. The van der Waals surface area contributed by atoms with E-state index < -0.39 is 16.5 Å². The molecule has 1 heterocycles.